The van der Waals surface area contributed by atoms with Crippen molar-refractivity contribution in [2.45, 2.75) is 26.2 Å². The molecule has 15 heavy (non-hydrogen) atoms. The van der Waals surface area contributed by atoms with Crippen LogP contribution >= 0.6 is 11.6 Å². The average molecular weight is 229 g/mol. The summed E-state index contributed by atoms with van der Waals surface area (Å²) in [5.74, 6) is -1.40. The van der Waals surface area contributed by atoms with E-state index in [9.17, 15) is 9.90 Å². The third-order valence-electron chi connectivity index (χ3n) is 2.22. The van der Waals surface area contributed by atoms with Gasteiger partial charge in [-0.05, 0) is 24.5 Å². The molecular weight excluding hydrogens is 216 g/mol. The number of phenols is 1. The molecule has 1 aromatic carbocycles. The van der Waals surface area contributed by atoms with Crippen LogP contribution in [0.25, 0.3) is 0 Å². The Hall–Kier alpha value is -1.22. The second-order valence-electron chi connectivity index (χ2n) is 3.34. The van der Waals surface area contributed by atoms with E-state index < -0.39 is 5.97 Å². The highest BCUT2D eigenvalue weighted by Gasteiger charge is 2.17. The van der Waals surface area contributed by atoms with Crippen molar-refractivity contribution in [3.8, 4) is 5.75 Å². The van der Waals surface area contributed by atoms with Crippen molar-refractivity contribution in [3.63, 3.8) is 0 Å². The second kappa shape index (κ2) is 5.03. The quantitative estimate of drug-likeness (QED) is 0.833. The van der Waals surface area contributed by atoms with Gasteiger partial charge in [-0.15, -0.1) is 0 Å². The van der Waals surface area contributed by atoms with E-state index in [4.69, 9.17) is 16.7 Å². The maximum atomic E-state index is 10.8. The molecule has 3 nitrogen and oxygen atoms in total. The molecule has 0 amide bonds. The van der Waals surface area contributed by atoms with Crippen LogP contribution in [0.15, 0.2) is 12.1 Å². The summed E-state index contributed by atoms with van der Waals surface area (Å²) in [6, 6.07) is 3.18. The zero-order chi connectivity index (χ0) is 11.4. The van der Waals surface area contributed by atoms with Gasteiger partial charge in [0.2, 0.25) is 0 Å². The molecule has 1 rings (SSSR count). The molecule has 0 spiro atoms. The monoisotopic (exact) mass is 228 g/mol. The van der Waals surface area contributed by atoms with Crippen molar-refractivity contribution >= 4 is 17.6 Å². The molecule has 0 bridgehead atoms. The lowest BCUT2D eigenvalue weighted by molar-refractivity contribution is 0.0693. The van der Waals surface area contributed by atoms with E-state index >= 15 is 0 Å². The zero-order valence-electron chi connectivity index (χ0n) is 8.46. The number of aromatic hydroxyl groups is 1. The number of hydrogen-bond donors (Lipinski definition) is 2. The molecule has 0 unspecified atom stereocenters. The van der Waals surface area contributed by atoms with Crippen LogP contribution < -0.4 is 0 Å². The first-order chi connectivity index (χ1) is 7.07. The molecule has 0 aliphatic heterocycles. The highest BCUT2D eigenvalue weighted by atomic mass is 35.5. The Balaban J connectivity index is 3.11. The number of carboxylic acids is 1. The number of rotatable bonds is 4. The van der Waals surface area contributed by atoms with Gasteiger partial charge in [-0.1, -0.05) is 31.0 Å². The summed E-state index contributed by atoms with van der Waals surface area (Å²) in [7, 11) is 0. The third-order valence-corrected chi connectivity index (χ3v) is 2.54. The van der Waals surface area contributed by atoms with Gasteiger partial charge in [0, 0.05) is 0 Å². The van der Waals surface area contributed by atoms with Crippen molar-refractivity contribution < 1.29 is 15.0 Å². The summed E-state index contributed by atoms with van der Waals surface area (Å²) in [5, 5.41) is 18.6. The van der Waals surface area contributed by atoms with Crippen molar-refractivity contribution in [1.29, 1.82) is 0 Å². The van der Waals surface area contributed by atoms with Gasteiger partial charge in [0.1, 0.15) is 11.3 Å². The van der Waals surface area contributed by atoms with Crippen molar-refractivity contribution in [2.75, 3.05) is 0 Å². The Kier molecular flexibility index (Phi) is 3.97. The van der Waals surface area contributed by atoms with Crippen LogP contribution in [0.4, 0.5) is 0 Å². The number of benzene rings is 1. The van der Waals surface area contributed by atoms with Crippen LogP contribution in [0.1, 0.15) is 35.7 Å². The van der Waals surface area contributed by atoms with Crippen LogP contribution in [0.3, 0.4) is 0 Å². The zero-order valence-corrected chi connectivity index (χ0v) is 9.21. The van der Waals surface area contributed by atoms with E-state index in [-0.39, 0.29) is 16.3 Å². The molecule has 2 N–H and O–H groups in total. The van der Waals surface area contributed by atoms with E-state index in [1.807, 2.05) is 6.92 Å². The first-order valence-electron chi connectivity index (χ1n) is 4.81. The van der Waals surface area contributed by atoms with E-state index in [0.29, 0.717) is 12.0 Å². The van der Waals surface area contributed by atoms with Gasteiger partial charge in [0.25, 0.3) is 0 Å². The highest BCUT2D eigenvalue weighted by molar-refractivity contribution is 6.33. The van der Waals surface area contributed by atoms with Gasteiger partial charge in [0.15, 0.2) is 0 Å². The molecule has 0 aliphatic carbocycles. The fourth-order valence-electron chi connectivity index (χ4n) is 1.38. The smallest absolute Gasteiger partial charge is 0.341 e. The fourth-order valence-corrected chi connectivity index (χ4v) is 1.62. The molecule has 0 saturated heterocycles. The SMILES string of the molecule is CCCCc1ccc(Cl)c(C(=O)O)c1O. The van der Waals surface area contributed by atoms with Crippen molar-refractivity contribution in [1.82, 2.24) is 0 Å². The van der Waals surface area contributed by atoms with E-state index in [0.717, 1.165) is 12.8 Å². The lowest BCUT2D eigenvalue weighted by Gasteiger charge is -2.08. The second-order valence-corrected chi connectivity index (χ2v) is 3.75. The summed E-state index contributed by atoms with van der Waals surface area (Å²) in [6.07, 6.45) is 2.57. The van der Waals surface area contributed by atoms with Gasteiger partial charge in [-0.2, -0.15) is 0 Å². The molecule has 1 aromatic rings. The molecule has 0 atom stereocenters. The topological polar surface area (TPSA) is 57.5 Å². The molecule has 0 aliphatic rings. The third kappa shape index (κ3) is 2.63. The largest absolute Gasteiger partial charge is 0.507 e. The van der Waals surface area contributed by atoms with E-state index in [1.165, 1.54) is 6.07 Å². The van der Waals surface area contributed by atoms with Gasteiger partial charge in [0.05, 0.1) is 5.02 Å². The molecule has 4 heteroatoms. The lowest BCUT2D eigenvalue weighted by Crippen LogP contribution is -2.00. The summed E-state index contributed by atoms with van der Waals surface area (Å²) in [5.41, 5.74) is 0.434. The van der Waals surface area contributed by atoms with E-state index in [2.05, 4.69) is 0 Å². The van der Waals surface area contributed by atoms with Gasteiger partial charge in [-0.3, -0.25) is 0 Å². The highest BCUT2D eigenvalue weighted by Crippen LogP contribution is 2.30. The molecule has 0 saturated carbocycles. The number of carbonyl (C=O) groups is 1. The predicted octanol–water partition coefficient (Wildman–Crippen LogP) is 3.09. The number of aryl methyl sites for hydroxylation is 1. The fraction of sp³-hybridized carbons (Fsp3) is 0.364. The Morgan fingerprint density at radius 1 is 1.47 bits per heavy atom. The number of unbranched alkanes of at least 4 members (excludes halogenated alkanes) is 1. The number of carboxylic acid groups (broad SMARTS) is 1. The van der Waals surface area contributed by atoms with Crippen LogP contribution in [0, 0.1) is 0 Å². The average Bonchev–Trinajstić information content (AvgIpc) is 2.16. The van der Waals surface area contributed by atoms with Crippen molar-refractivity contribution in [2.24, 2.45) is 0 Å². The van der Waals surface area contributed by atoms with Gasteiger partial charge >= 0.3 is 5.97 Å². The van der Waals surface area contributed by atoms with Crippen molar-refractivity contribution in [3.05, 3.63) is 28.3 Å². The lowest BCUT2D eigenvalue weighted by atomic mass is 10.0. The summed E-state index contributed by atoms with van der Waals surface area (Å²) in [4.78, 5) is 10.8. The minimum Gasteiger partial charge on any atom is -0.507 e. The van der Waals surface area contributed by atoms with Gasteiger partial charge in [-0.25, -0.2) is 4.79 Å². The van der Waals surface area contributed by atoms with E-state index in [1.54, 1.807) is 6.07 Å². The first-order valence-corrected chi connectivity index (χ1v) is 5.19. The summed E-state index contributed by atoms with van der Waals surface area (Å²) in [6.45, 7) is 2.03. The predicted molar refractivity (Wildman–Crippen MR) is 58.7 cm³/mol. The number of halogens is 1. The van der Waals surface area contributed by atoms with Crippen LogP contribution in [0.5, 0.6) is 5.75 Å². The Labute approximate surface area is 93.3 Å². The molecule has 0 fully saturated rings. The number of hydrogen-bond acceptors (Lipinski definition) is 2. The molecule has 0 heterocycles. The molecule has 82 valence electrons. The molecular formula is C11H13ClO3. The summed E-state index contributed by atoms with van der Waals surface area (Å²) >= 11 is 5.69. The molecule has 0 radical (unpaired) electrons. The van der Waals surface area contributed by atoms with Crippen LogP contribution in [-0.2, 0) is 6.42 Å². The Morgan fingerprint density at radius 3 is 2.67 bits per heavy atom. The van der Waals surface area contributed by atoms with Crippen LogP contribution in [0.2, 0.25) is 5.02 Å². The minimum atomic E-state index is -1.20. The summed E-state index contributed by atoms with van der Waals surface area (Å²) < 4.78 is 0. The maximum absolute atomic E-state index is 10.8. The standard InChI is InChI=1S/C11H13ClO3/c1-2-3-4-7-5-6-8(12)9(10(7)13)11(14)15/h5-6,13H,2-4H2,1H3,(H,14,15). The van der Waals surface area contributed by atoms with Crippen LogP contribution in [-0.4, -0.2) is 16.2 Å². The van der Waals surface area contributed by atoms with Gasteiger partial charge < -0.3 is 10.2 Å². The normalized spacial score (nSPS) is 10.3. The minimum absolute atomic E-state index is 0.0697. The Morgan fingerprint density at radius 2 is 2.13 bits per heavy atom. The Bertz CT molecular complexity index is 374. The molecule has 0 aromatic heterocycles. The first kappa shape index (κ1) is 11.9. The maximum Gasteiger partial charge on any atom is 0.341 e. The number of aromatic carboxylic acids is 1.